The van der Waals surface area contributed by atoms with Crippen LogP contribution < -0.4 is 4.74 Å². The normalized spacial score (nSPS) is 22.4. The molecule has 2 aliphatic rings. The average molecular weight is 448 g/mol. The zero-order valence-corrected chi connectivity index (χ0v) is 19.6. The molecule has 6 heteroatoms. The SMILES string of the molecule is COc1cc(C2CC(C(=O)N(CCCO)C(C)c3ccccc3)C2)ccc1C1C=NC(C)=N1. The van der Waals surface area contributed by atoms with Gasteiger partial charge in [-0.1, -0.05) is 42.5 Å². The first-order chi connectivity index (χ1) is 16.0. The van der Waals surface area contributed by atoms with Crippen LogP contribution in [0, 0.1) is 5.92 Å². The first-order valence-electron chi connectivity index (χ1n) is 11.7. The van der Waals surface area contributed by atoms with Crippen molar-refractivity contribution in [1.82, 2.24) is 4.90 Å². The molecule has 2 aromatic carbocycles. The van der Waals surface area contributed by atoms with Gasteiger partial charge >= 0.3 is 0 Å². The molecule has 2 atom stereocenters. The molecule has 4 rings (SSSR count). The average Bonchev–Trinajstić information content (AvgIpc) is 3.24. The maximum atomic E-state index is 13.4. The van der Waals surface area contributed by atoms with E-state index in [1.54, 1.807) is 7.11 Å². The van der Waals surface area contributed by atoms with Crippen molar-refractivity contribution in [2.75, 3.05) is 20.3 Å². The van der Waals surface area contributed by atoms with Gasteiger partial charge in [0, 0.05) is 30.8 Å². The molecule has 6 nitrogen and oxygen atoms in total. The van der Waals surface area contributed by atoms with Crippen molar-refractivity contribution in [3.63, 3.8) is 0 Å². The Morgan fingerprint density at radius 1 is 1.21 bits per heavy atom. The predicted octanol–water partition coefficient (Wildman–Crippen LogP) is 4.70. The summed E-state index contributed by atoms with van der Waals surface area (Å²) in [6.07, 6.45) is 4.10. The maximum absolute atomic E-state index is 13.4. The summed E-state index contributed by atoms with van der Waals surface area (Å²) in [5.74, 6) is 2.14. The van der Waals surface area contributed by atoms with Gasteiger partial charge in [0.2, 0.25) is 5.91 Å². The van der Waals surface area contributed by atoms with Crippen molar-refractivity contribution >= 4 is 18.0 Å². The van der Waals surface area contributed by atoms with Crippen LogP contribution in [-0.2, 0) is 4.79 Å². The molecule has 0 bridgehead atoms. The maximum Gasteiger partial charge on any atom is 0.226 e. The molecule has 1 N–H and O–H groups in total. The lowest BCUT2D eigenvalue weighted by molar-refractivity contribution is -0.141. The molecule has 1 fully saturated rings. The van der Waals surface area contributed by atoms with Crippen LogP contribution in [0.3, 0.4) is 0 Å². The highest BCUT2D eigenvalue weighted by Gasteiger charge is 2.39. The largest absolute Gasteiger partial charge is 0.496 e. The third kappa shape index (κ3) is 5.01. The molecular formula is C27H33N3O3. The van der Waals surface area contributed by atoms with Gasteiger partial charge in [-0.15, -0.1) is 0 Å². The quantitative estimate of drug-likeness (QED) is 0.605. The molecule has 1 heterocycles. The molecule has 0 aromatic heterocycles. The number of methoxy groups -OCH3 is 1. The summed E-state index contributed by atoms with van der Waals surface area (Å²) in [5.41, 5.74) is 3.34. The number of nitrogens with zero attached hydrogens (tertiary/aromatic N) is 3. The highest BCUT2D eigenvalue weighted by molar-refractivity contribution is 5.95. The fourth-order valence-corrected chi connectivity index (χ4v) is 4.80. The van der Waals surface area contributed by atoms with E-state index in [1.165, 1.54) is 5.56 Å². The van der Waals surface area contributed by atoms with E-state index in [4.69, 9.17) is 4.74 Å². The van der Waals surface area contributed by atoms with Crippen molar-refractivity contribution < 1.29 is 14.6 Å². The van der Waals surface area contributed by atoms with Crippen LogP contribution in [0.5, 0.6) is 5.75 Å². The molecule has 1 aliphatic heterocycles. The summed E-state index contributed by atoms with van der Waals surface area (Å²) in [6, 6.07) is 16.3. The second-order valence-corrected chi connectivity index (χ2v) is 8.96. The number of aliphatic imine (C=N–C) groups is 2. The number of amidine groups is 1. The number of benzene rings is 2. The minimum atomic E-state index is -0.0933. The Labute approximate surface area is 196 Å². The second kappa shape index (κ2) is 10.3. The van der Waals surface area contributed by atoms with Crippen molar-refractivity contribution in [2.24, 2.45) is 15.9 Å². The number of rotatable bonds is 9. The van der Waals surface area contributed by atoms with Gasteiger partial charge in [0.15, 0.2) is 0 Å². The third-order valence-corrected chi connectivity index (χ3v) is 6.85. The molecular weight excluding hydrogens is 414 g/mol. The Hall–Kier alpha value is -2.99. The van der Waals surface area contributed by atoms with E-state index >= 15 is 0 Å². The van der Waals surface area contributed by atoms with E-state index in [-0.39, 0.29) is 30.5 Å². The summed E-state index contributed by atoms with van der Waals surface area (Å²) in [4.78, 5) is 24.1. The number of hydrogen-bond donors (Lipinski definition) is 1. The highest BCUT2D eigenvalue weighted by Crippen LogP contribution is 2.45. The Bertz CT molecular complexity index is 1030. The Balaban J connectivity index is 1.43. The van der Waals surface area contributed by atoms with E-state index in [9.17, 15) is 9.90 Å². The summed E-state index contributed by atoms with van der Waals surface area (Å²) >= 11 is 0. The Morgan fingerprint density at radius 2 is 1.97 bits per heavy atom. The molecule has 2 aromatic rings. The van der Waals surface area contributed by atoms with E-state index in [1.807, 2.05) is 36.2 Å². The van der Waals surface area contributed by atoms with E-state index in [2.05, 4.69) is 47.2 Å². The monoisotopic (exact) mass is 447 g/mol. The molecule has 0 spiro atoms. The highest BCUT2D eigenvalue weighted by atomic mass is 16.5. The van der Waals surface area contributed by atoms with Crippen LogP contribution in [0.1, 0.15) is 67.8 Å². The molecule has 33 heavy (non-hydrogen) atoms. The third-order valence-electron chi connectivity index (χ3n) is 6.85. The number of amides is 1. The summed E-state index contributed by atoms with van der Waals surface area (Å²) < 4.78 is 5.66. The number of ether oxygens (including phenoxy) is 1. The van der Waals surface area contributed by atoms with Gasteiger partial charge in [0.1, 0.15) is 17.6 Å². The number of hydrogen-bond acceptors (Lipinski definition) is 5. The van der Waals surface area contributed by atoms with Gasteiger partial charge in [-0.3, -0.25) is 9.79 Å². The van der Waals surface area contributed by atoms with Crippen molar-refractivity contribution in [1.29, 1.82) is 0 Å². The van der Waals surface area contributed by atoms with Gasteiger partial charge in [0.05, 0.1) is 13.2 Å². The lowest BCUT2D eigenvalue weighted by atomic mass is 9.70. The summed E-state index contributed by atoms with van der Waals surface area (Å²) in [7, 11) is 1.68. The minimum absolute atomic E-state index is 0.0132. The predicted molar refractivity (Wildman–Crippen MR) is 131 cm³/mol. The van der Waals surface area contributed by atoms with Gasteiger partial charge in [-0.05, 0) is 56.2 Å². The summed E-state index contributed by atoms with van der Waals surface area (Å²) in [6.45, 7) is 4.62. The van der Waals surface area contributed by atoms with Crippen LogP contribution in [0.2, 0.25) is 0 Å². The first-order valence-corrected chi connectivity index (χ1v) is 11.7. The van der Waals surface area contributed by atoms with Crippen LogP contribution in [0.4, 0.5) is 0 Å². The number of aliphatic hydroxyl groups is 1. The van der Waals surface area contributed by atoms with Gasteiger partial charge in [-0.25, -0.2) is 4.99 Å². The molecule has 2 unspecified atom stereocenters. The molecule has 0 radical (unpaired) electrons. The smallest absolute Gasteiger partial charge is 0.226 e. The first kappa shape index (κ1) is 23.2. The van der Waals surface area contributed by atoms with E-state index < -0.39 is 0 Å². The lowest BCUT2D eigenvalue weighted by Gasteiger charge is -2.40. The van der Waals surface area contributed by atoms with Gasteiger partial charge in [0.25, 0.3) is 0 Å². The standard InChI is InChI=1S/C27H33N3O3/c1-18(20-8-5-4-6-9-20)30(12-7-13-31)27(32)23-14-22(15-23)21-10-11-24(26(16-21)33-3)25-17-28-19(2)29-25/h4-6,8-11,16-18,22-23,25,31H,7,12-15H2,1-3H3. The van der Waals surface area contributed by atoms with Crippen molar-refractivity contribution in [2.45, 2.75) is 51.1 Å². The van der Waals surface area contributed by atoms with Crippen LogP contribution >= 0.6 is 0 Å². The van der Waals surface area contributed by atoms with Gasteiger partial charge in [-0.2, -0.15) is 0 Å². The molecule has 1 aliphatic carbocycles. The number of carbonyl (C=O) groups is 1. The molecule has 174 valence electrons. The Kier molecular flexibility index (Phi) is 7.23. The fourth-order valence-electron chi connectivity index (χ4n) is 4.80. The minimum Gasteiger partial charge on any atom is -0.496 e. The fraction of sp³-hybridized carbons (Fsp3) is 0.444. The molecule has 0 saturated heterocycles. The summed E-state index contributed by atoms with van der Waals surface area (Å²) in [5, 5.41) is 9.35. The van der Waals surface area contributed by atoms with E-state index in [0.29, 0.717) is 18.9 Å². The van der Waals surface area contributed by atoms with E-state index in [0.717, 1.165) is 35.6 Å². The molecule has 1 saturated carbocycles. The zero-order valence-electron chi connectivity index (χ0n) is 19.6. The van der Waals surface area contributed by atoms with Crippen LogP contribution in [-0.4, -0.2) is 48.2 Å². The van der Waals surface area contributed by atoms with Crippen molar-refractivity contribution in [3.8, 4) is 5.75 Å². The Morgan fingerprint density at radius 3 is 2.61 bits per heavy atom. The topological polar surface area (TPSA) is 74.5 Å². The number of carbonyl (C=O) groups excluding carboxylic acids is 1. The second-order valence-electron chi connectivity index (χ2n) is 8.96. The van der Waals surface area contributed by atoms with Crippen molar-refractivity contribution in [3.05, 3.63) is 65.2 Å². The zero-order chi connectivity index (χ0) is 23.4. The lowest BCUT2D eigenvalue weighted by Crippen LogP contribution is -2.43. The van der Waals surface area contributed by atoms with Crippen LogP contribution in [0.25, 0.3) is 0 Å². The van der Waals surface area contributed by atoms with Gasteiger partial charge < -0.3 is 14.7 Å². The molecule has 1 amide bonds. The number of aliphatic hydroxyl groups excluding tert-OH is 1. The van der Waals surface area contributed by atoms with Crippen LogP contribution in [0.15, 0.2) is 58.5 Å².